The van der Waals surface area contributed by atoms with E-state index in [-0.39, 0.29) is 30.3 Å². The molecule has 0 fully saturated rings. The van der Waals surface area contributed by atoms with E-state index in [0.717, 1.165) is 47.1 Å². The Morgan fingerprint density at radius 3 is 0.743 bits per heavy atom. The van der Waals surface area contributed by atoms with Crippen molar-refractivity contribution in [2.24, 2.45) is 0 Å². The fourth-order valence-corrected chi connectivity index (χ4v) is 7.04. The van der Waals surface area contributed by atoms with Gasteiger partial charge in [-0.25, -0.2) is 72.1 Å². The zero-order valence-electron chi connectivity index (χ0n) is 35.5. The molecular weight excluding hydrogens is 1020 g/mol. The number of anilines is 4. The molecule has 13 nitrogen and oxygen atoms in total. The van der Waals surface area contributed by atoms with Gasteiger partial charge in [-0.1, -0.05) is 7.43 Å². The number of rotatable bonds is 6. The third-order valence-corrected chi connectivity index (χ3v) is 10.5. The van der Waals surface area contributed by atoms with E-state index in [0.29, 0.717) is 9.80 Å². The predicted octanol–water partition coefficient (Wildman–Crippen LogP) is 11.0. The van der Waals surface area contributed by atoms with E-state index < -0.39 is 139 Å². The normalized spacial score (nSPS) is 13.1. The molecule has 4 N–H and O–H groups in total. The van der Waals surface area contributed by atoms with Gasteiger partial charge in [0.25, 0.3) is 23.6 Å². The number of amides is 4. The third-order valence-electron chi connectivity index (χ3n) is 10.5. The van der Waals surface area contributed by atoms with Crippen LogP contribution in [0.15, 0.2) is 97.1 Å². The van der Waals surface area contributed by atoms with Crippen molar-refractivity contribution in [2.75, 3.05) is 21.3 Å². The number of nitrogen functional groups attached to an aromatic ring is 2. The molecule has 4 amide bonds. The van der Waals surface area contributed by atoms with Crippen LogP contribution in [0.2, 0.25) is 0 Å². The van der Waals surface area contributed by atoms with E-state index in [9.17, 15) is 81.5 Å². The van der Waals surface area contributed by atoms with Gasteiger partial charge in [-0.05, 0) is 97.1 Å². The standard InChI is InChI=1S/C28H8F8N2O5.C12H12N2O.C8F4O3.CH4/c29-17-13-14(18(30)22(34)21(17)33)26(40)37(25(13)39)9-1-5-11(6-2-9)43-12-7-3-10(4-8-12)38-27(41)15-16(28(38)42)20(32)24(36)23(35)19(15)31;13-9-1-5-11(6-2-9)15-12-7-3-10(14)4-8-12;9-3-1-2(8(14)15-7(1)13)4(10)6(12)5(3)11;/h1-8H;1-8H,13-14H2;;1H4. The number of benzene rings is 7. The van der Waals surface area contributed by atoms with Crippen LogP contribution in [0.3, 0.4) is 0 Å². The SMILES string of the molecule is C.Nc1ccc(Oc2ccc(N)cc2)cc1.O=C1OC(=O)c2c(F)c(F)c(F)c(F)c21.O=C1c2c(F)c(F)c(F)c(F)c2C(=O)N1c1ccc(Oc2ccc(N3C(=O)c4c(F)c(F)c(F)c(F)c4C3=O)cc2)cc1. The molecule has 3 aliphatic heterocycles. The van der Waals surface area contributed by atoms with Gasteiger partial charge in [-0.15, -0.1) is 0 Å². The highest BCUT2D eigenvalue weighted by atomic mass is 19.2. The van der Waals surface area contributed by atoms with Gasteiger partial charge in [0.1, 0.15) is 34.1 Å². The summed E-state index contributed by atoms with van der Waals surface area (Å²) in [7, 11) is 0. The molecule has 378 valence electrons. The Balaban J connectivity index is 0.000000209. The number of fused-ring (bicyclic) bond motifs is 3. The van der Waals surface area contributed by atoms with E-state index in [1.807, 2.05) is 24.3 Å². The first-order chi connectivity index (χ1) is 34.5. The highest BCUT2D eigenvalue weighted by Gasteiger charge is 2.46. The number of halogens is 12. The summed E-state index contributed by atoms with van der Waals surface area (Å²) in [6.45, 7) is 0. The number of ether oxygens (including phenoxy) is 3. The zero-order valence-corrected chi connectivity index (χ0v) is 35.5. The minimum atomic E-state index is -2.25. The summed E-state index contributed by atoms with van der Waals surface area (Å²) in [5.74, 6) is -32.4. The number of imide groups is 2. The molecular formula is C49H24F12N4O9. The molecule has 0 aliphatic carbocycles. The average molecular weight is 1040 g/mol. The van der Waals surface area contributed by atoms with Crippen molar-refractivity contribution in [1.82, 2.24) is 0 Å². The smallest absolute Gasteiger partial charge is 0.350 e. The third kappa shape index (κ3) is 8.89. The topological polar surface area (TPSA) is 189 Å². The number of carbonyl (C=O) groups is 6. The monoisotopic (exact) mass is 1040 g/mol. The van der Waals surface area contributed by atoms with Crippen LogP contribution >= 0.6 is 0 Å². The summed E-state index contributed by atoms with van der Waals surface area (Å²) in [4.78, 5) is 72.5. The summed E-state index contributed by atoms with van der Waals surface area (Å²) in [5, 5.41) is 0. The lowest BCUT2D eigenvalue weighted by atomic mass is 10.1. The second-order valence-electron chi connectivity index (χ2n) is 14.9. The molecule has 3 heterocycles. The number of cyclic esters (lactones) is 2. The van der Waals surface area contributed by atoms with E-state index >= 15 is 0 Å². The van der Waals surface area contributed by atoms with Gasteiger partial charge < -0.3 is 25.7 Å². The van der Waals surface area contributed by atoms with Gasteiger partial charge in [0.05, 0.1) is 33.6 Å². The maximum Gasteiger partial charge on any atom is 0.350 e. The Kier molecular flexibility index (Phi) is 14.0. The van der Waals surface area contributed by atoms with Crippen LogP contribution in [0.1, 0.15) is 69.6 Å². The summed E-state index contributed by atoms with van der Waals surface area (Å²) >= 11 is 0. The van der Waals surface area contributed by atoms with Crippen LogP contribution in [-0.2, 0) is 4.74 Å². The average Bonchev–Trinajstić information content (AvgIpc) is 3.94. The first-order valence-electron chi connectivity index (χ1n) is 19.9. The Morgan fingerprint density at radius 1 is 0.311 bits per heavy atom. The van der Waals surface area contributed by atoms with Gasteiger partial charge >= 0.3 is 11.9 Å². The maximum absolute atomic E-state index is 14.2. The van der Waals surface area contributed by atoms with Gasteiger partial charge in [-0.3, -0.25) is 19.2 Å². The molecule has 7 aromatic rings. The van der Waals surface area contributed by atoms with Crippen molar-refractivity contribution in [2.45, 2.75) is 7.43 Å². The lowest BCUT2D eigenvalue weighted by molar-refractivity contribution is 0.0439. The van der Waals surface area contributed by atoms with Gasteiger partial charge in [0, 0.05) is 11.4 Å². The summed E-state index contributed by atoms with van der Waals surface area (Å²) in [5.41, 5.74) is 4.64. The highest BCUT2D eigenvalue weighted by molar-refractivity contribution is 6.35. The molecule has 0 bridgehead atoms. The first-order valence-corrected chi connectivity index (χ1v) is 19.9. The van der Waals surface area contributed by atoms with Gasteiger partial charge in [-0.2, -0.15) is 0 Å². The van der Waals surface area contributed by atoms with Crippen LogP contribution in [0.25, 0.3) is 0 Å². The van der Waals surface area contributed by atoms with E-state index in [1.165, 1.54) is 24.3 Å². The fourth-order valence-electron chi connectivity index (χ4n) is 7.04. The van der Waals surface area contributed by atoms with E-state index in [2.05, 4.69) is 4.74 Å². The maximum atomic E-state index is 14.2. The zero-order chi connectivity index (χ0) is 53.1. The lowest BCUT2D eigenvalue weighted by Gasteiger charge is -2.16. The summed E-state index contributed by atoms with van der Waals surface area (Å²) in [6.07, 6.45) is 0. The Bertz CT molecular complexity index is 3220. The van der Waals surface area contributed by atoms with Crippen molar-refractivity contribution in [1.29, 1.82) is 0 Å². The predicted molar refractivity (Wildman–Crippen MR) is 232 cm³/mol. The highest BCUT2D eigenvalue weighted by Crippen LogP contribution is 2.38. The Labute approximate surface area is 405 Å². The largest absolute Gasteiger partial charge is 0.457 e. The van der Waals surface area contributed by atoms with Crippen molar-refractivity contribution in [3.63, 3.8) is 0 Å². The lowest BCUT2D eigenvalue weighted by Crippen LogP contribution is -2.29. The first kappa shape index (κ1) is 52.2. The Morgan fingerprint density at radius 2 is 0.514 bits per heavy atom. The molecule has 0 atom stereocenters. The van der Waals surface area contributed by atoms with Gasteiger partial charge in [0.15, 0.2) is 69.8 Å². The molecule has 10 rings (SSSR count). The second kappa shape index (κ2) is 19.8. The van der Waals surface area contributed by atoms with Crippen molar-refractivity contribution in [3.05, 3.63) is 200 Å². The molecule has 3 aliphatic rings. The number of nitrogens with two attached hydrogens (primary N) is 2. The molecule has 0 saturated heterocycles. The quantitative estimate of drug-likeness (QED) is 0.0307. The van der Waals surface area contributed by atoms with Crippen LogP contribution in [0.4, 0.5) is 75.4 Å². The molecule has 0 unspecified atom stereocenters. The second-order valence-corrected chi connectivity index (χ2v) is 14.9. The molecule has 0 spiro atoms. The minimum absolute atomic E-state index is 0. The van der Waals surface area contributed by atoms with Crippen LogP contribution in [0.5, 0.6) is 23.0 Å². The van der Waals surface area contributed by atoms with Crippen molar-refractivity contribution < 1.29 is 95.7 Å². The number of hydrogen-bond acceptors (Lipinski definition) is 11. The molecule has 0 radical (unpaired) electrons. The van der Waals surface area contributed by atoms with Crippen LogP contribution in [0, 0.1) is 69.8 Å². The number of carbonyl (C=O) groups excluding carboxylic acids is 6. The number of nitrogens with zero attached hydrogens (tertiary/aromatic N) is 2. The van der Waals surface area contributed by atoms with Gasteiger partial charge in [0.2, 0.25) is 0 Å². The Hall–Kier alpha value is -9.68. The summed E-state index contributed by atoms with van der Waals surface area (Å²) in [6, 6.07) is 23.8. The van der Waals surface area contributed by atoms with Crippen LogP contribution in [-0.4, -0.2) is 35.6 Å². The fraction of sp³-hybridized carbons (Fsp3) is 0.0204. The number of hydrogen-bond donors (Lipinski definition) is 2. The molecule has 7 aromatic carbocycles. The van der Waals surface area contributed by atoms with Crippen LogP contribution < -0.4 is 30.7 Å². The number of esters is 2. The minimum Gasteiger partial charge on any atom is -0.457 e. The molecule has 25 heteroatoms. The van der Waals surface area contributed by atoms with Crippen molar-refractivity contribution >= 4 is 58.3 Å². The van der Waals surface area contributed by atoms with E-state index in [4.69, 9.17) is 20.9 Å². The van der Waals surface area contributed by atoms with Crippen molar-refractivity contribution in [3.8, 4) is 23.0 Å². The summed E-state index contributed by atoms with van der Waals surface area (Å²) < 4.78 is 177. The molecule has 74 heavy (non-hydrogen) atoms. The molecule has 0 saturated carbocycles. The van der Waals surface area contributed by atoms with E-state index in [1.54, 1.807) is 24.3 Å². The molecule has 0 aromatic heterocycles.